The van der Waals surface area contributed by atoms with Crippen molar-refractivity contribution in [2.45, 2.75) is 26.7 Å². The Balaban J connectivity index is 2.04. The van der Waals surface area contributed by atoms with Gasteiger partial charge in [0.1, 0.15) is 12.4 Å². The molecule has 1 atom stereocenters. The first-order chi connectivity index (χ1) is 15.7. The molecule has 176 valence electrons. The van der Waals surface area contributed by atoms with Gasteiger partial charge in [0.25, 0.3) is 5.91 Å². The van der Waals surface area contributed by atoms with E-state index in [2.05, 4.69) is 5.10 Å². The van der Waals surface area contributed by atoms with Crippen LogP contribution in [0, 0.1) is 11.7 Å². The Labute approximate surface area is 198 Å². The third-order valence-electron chi connectivity index (χ3n) is 5.88. The van der Waals surface area contributed by atoms with Crippen LogP contribution in [0.5, 0.6) is 0 Å². The molecule has 2 aromatic carbocycles. The first kappa shape index (κ1) is 24.7. The molecule has 7 nitrogen and oxygen atoms in total. The number of carbonyl (C=O) groups excluding carboxylic acids is 2. The fourth-order valence-corrected chi connectivity index (χ4v) is 4.28. The lowest BCUT2D eigenvalue weighted by molar-refractivity contribution is -0.114. The quantitative estimate of drug-likeness (QED) is 0.284. The fraction of sp³-hybridized carbons (Fsp3) is 0.375. The van der Waals surface area contributed by atoms with Crippen molar-refractivity contribution < 1.29 is 19.1 Å². The number of hydrogen-bond donors (Lipinski definition) is 1. The van der Waals surface area contributed by atoms with Gasteiger partial charge in [-0.25, -0.2) is 4.39 Å². The van der Waals surface area contributed by atoms with Crippen molar-refractivity contribution in [3.63, 3.8) is 0 Å². The Morgan fingerprint density at radius 1 is 1.36 bits per heavy atom. The van der Waals surface area contributed by atoms with Crippen molar-refractivity contribution in [2.24, 2.45) is 11.0 Å². The second kappa shape index (κ2) is 10.3. The lowest BCUT2D eigenvalue weighted by Crippen LogP contribution is -2.42. The van der Waals surface area contributed by atoms with Gasteiger partial charge in [0.05, 0.1) is 16.4 Å². The van der Waals surface area contributed by atoms with E-state index in [4.69, 9.17) is 11.6 Å². The first-order valence-corrected chi connectivity index (χ1v) is 11.1. The molecule has 0 aliphatic carbocycles. The number of amides is 2. The molecule has 1 heterocycles. The maximum absolute atomic E-state index is 14.6. The van der Waals surface area contributed by atoms with E-state index in [0.29, 0.717) is 24.2 Å². The minimum absolute atomic E-state index is 0.0647. The number of likely N-dealkylation sites (N-methyl/N-ethyl adjacent to an activating group) is 1. The zero-order chi connectivity index (χ0) is 24.3. The summed E-state index contributed by atoms with van der Waals surface area (Å²) < 4.78 is 14.6. The lowest BCUT2D eigenvalue weighted by Gasteiger charge is -2.37. The number of nitrogens with zero attached hydrogens (tertiary/aromatic N) is 4. The highest BCUT2D eigenvalue weighted by Crippen LogP contribution is 2.40. The molecule has 1 N–H and O–H groups in total. The number of hydrazone groups is 1. The van der Waals surface area contributed by atoms with Crippen LogP contribution in [0.15, 0.2) is 41.5 Å². The van der Waals surface area contributed by atoms with Crippen molar-refractivity contribution >= 4 is 41.1 Å². The van der Waals surface area contributed by atoms with Crippen LogP contribution in [0.2, 0.25) is 5.02 Å². The molecule has 0 aromatic heterocycles. The number of carbonyl (C=O) groups is 2. The summed E-state index contributed by atoms with van der Waals surface area (Å²) in [5.41, 5.74) is 2.10. The molecule has 1 aliphatic rings. The molecule has 9 heteroatoms. The van der Waals surface area contributed by atoms with Crippen LogP contribution in [0.25, 0.3) is 0 Å². The van der Waals surface area contributed by atoms with Gasteiger partial charge in [0, 0.05) is 31.6 Å². The van der Waals surface area contributed by atoms with Crippen molar-refractivity contribution in [3.8, 4) is 0 Å². The van der Waals surface area contributed by atoms with E-state index in [0.717, 1.165) is 5.56 Å². The smallest absolute Gasteiger partial charge is 0.258 e. The van der Waals surface area contributed by atoms with Crippen molar-refractivity contribution in [1.82, 2.24) is 4.90 Å². The Morgan fingerprint density at radius 2 is 2.09 bits per heavy atom. The zero-order valence-electron chi connectivity index (χ0n) is 19.1. The summed E-state index contributed by atoms with van der Waals surface area (Å²) in [4.78, 5) is 27.3. The number of fused-ring (bicyclic) bond motifs is 1. The van der Waals surface area contributed by atoms with E-state index in [1.54, 1.807) is 37.2 Å². The summed E-state index contributed by atoms with van der Waals surface area (Å²) in [5.74, 6) is -0.553. The molecule has 2 aromatic rings. The van der Waals surface area contributed by atoms with Crippen molar-refractivity contribution in [1.29, 1.82) is 0 Å². The molecule has 1 unspecified atom stereocenters. The molecule has 0 bridgehead atoms. The summed E-state index contributed by atoms with van der Waals surface area (Å²) in [6.07, 6.45) is 0.617. The molecule has 1 aliphatic heterocycles. The van der Waals surface area contributed by atoms with E-state index >= 15 is 0 Å². The molecule has 2 amide bonds. The van der Waals surface area contributed by atoms with Crippen LogP contribution in [-0.4, -0.2) is 54.9 Å². The number of amidine groups is 1. The largest absolute Gasteiger partial charge is 0.388 e. The van der Waals surface area contributed by atoms with Crippen LogP contribution in [0.4, 0.5) is 15.8 Å². The number of anilines is 2. The predicted octanol–water partition coefficient (Wildman–Crippen LogP) is 4.10. The molecule has 0 radical (unpaired) electrons. The van der Waals surface area contributed by atoms with E-state index in [1.807, 2.05) is 19.9 Å². The van der Waals surface area contributed by atoms with E-state index < -0.39 is 12.4 Å². The van der Waals surface area contributed by atoms with Crippen LogP contribution in [-0.2, 0) is 4.79 Å². The van der Waals surface area contributed by atoms with Crippen LogP contribution >= 0.6 is 11.6 Å². The van der Waals surface area contributed by atoms with Gasteiger partial charge >= 0.3 is 0 Å². The second-order valence-electron chi connectivity index (χ2n) is 8.20. The number of halogens is 2. The standard InChI is InChI=1S/C24H28ClFN4O3/c1-5-29(14-32)22(13-31)27-28(4)16-9-10-17-18(11-16)19(15(2)3)12-30(24(17)33)23-20(25)7-6-8-21(23)26/h6-11,14-15,19,31H,5,12-13H2,1-4H3/b27-22-. The molecule has 0 spiro atoms. The summed E-state index contributed by atoms with van der Waals surface area (Å²) in [7, 11) is 1.70. The Kier molecular flexibility index (Phi) is 7.71. The summed E-state index contributed by atoms with van der Waals surface area (Å²) in [5, 5.41) is 15.7. The van der Waals surface area contributed by atoms with Gasteiger partial charge in [-0.15, -0.1) is 0 Å². The number of aliphatic hydroxyl groups excluding tert-OH is 1. The van der Waals surface area contributed by atoms with Crippen LogP contribution in [0.1, 0.15) is 42.6 Å². The number of para-hydroxylation sites is 1. The highest BCUT2D eigenvalue weighted by molar-refractivity contribution is 6.34. The molecular formula is C24H28ClFN4O3. The molecule has 3 rings (SSSR count). The van der Waals surface area contributed by atoms with Gasteiger partial charge in [-0.05, 0) is 48.7 Å². The highest BCUT2D eigenvalue weighted by atomic mass is 35.5. The monoisotopic (exact) mass is 474 g/mol. The number of rotatable bonds is 7. The predicted molar refractivity (Wildman–Crippen MR) is 128 cm³/mol. The number of hydrogen-bond acceptors (Lipinski definition) is 5. The average Bonchev–Trinajstić information content (AvgIpc) is 2.79. The fourth-order valence-electron chi connectivity index (χ4n) is 4.01. The SMILES string of the molecule is CCN(C=O)/C(CO)=N\N(C)c1ccc2c(c1)C(C(C)C)CN(c1c(F)cccc1Cl)C2=O. The van der Waals surface area contributed by atoms with Crippen LogP contribution < -0.4 is 9.91 Å². The first-order valence-electron chi connectivity index (χ1n) is 10.8. The van der Waals surface area contributed by atoms with E-state index in [-0.39, 0.29) is 40.8 Å². The van der Waals surface area contributed by atoms with Crippen molar-refractivity contribution in [3.05, 3.63) is 58.4 Å². The van der Waals surface area contributed by atoms with Gasteiger partial charge < -0.3 is 10.0 Å². The number of aliphatic hydroxyl groups is 1. The van der Waals surface area contributed by atoms with Gasteiger partial charge in [0.2, 0.25) is 6.41 Å². The second-order valence-corrected chi connectivity index (χ2v) is 8.60. The molecule has 0 saturated heterocycles. The molecule has 0 saturated carbocycles. The average molecular weight is 475 g/mol. The Bertz CT molecular complexity index is 1060. The highest BCUT2D eigenvalue weighted by Gasteiger charge is 2.36. The van der Waals surface area contributed by atoms with Gasteiger partial charge in [-0.1, -0.05) is 31.5 Å². The summed E-state index contributed by atoms with van der Waals surface area (Å²) in [6, 6.07) is 9.69. The normalized spacial score (nSPS) is 16.1. The Morgan fingerprint density at radius 3 is 2.67 bits per heavy atom. The van der Waals surface area contributed by atoms with Gasteiger partial charge in [-0.3, -0.25) is 19.5 Å². The third kappa shape index (κ3) is 4.86. The minimum Gasteiger partial charge on any atom is -0.388 e. The maximum atomic E-state index is 14.6. The molecule has 33 heavy (non-hydrogen) atoms. The molecular weight excluding hydrogens is 447 g/mol. The Hall–Kier alpha value is -2.97. The topological polar surface area (TPSA) is 76.5 Å². The van der Waals surface area contributed by atoms with E-state index in [1.165, 1.54) is 21.9 Å². The summed E-state index contributed by atoms with van der Waals surface area (Å²) >= 11 is 6.26. The molecule has 0 fully saturated rings. The van der Waals surface area contributed by atoms with Crippen LogP contribution in [0.3, 0.4) is 0 Å². The minimum atomic E-state index is -0.542. The number of benzene rings is 2. The van der Waals surface area contributed by atoms with Gasteiger partial charge in [0.15, 0.2) is 5.84 Å². The maximum Gasteiger partial charge on any atom is 0.258 e. The zero-order valence-corrected chi connectivity index (χ0v) is 19.9. The van der Waals surface area contributed by atoms with Gasteiger partial charge in [-0.2, -0.15) is 5.10 Å². The summed E-state index contributed by atoms with van der Waals surface area (Å²) in [6.45, 7) is 6.15. The van der Waals surface area contributed by atoms with Crippen molar-refractivity contribution in [2.75, 3.05) is 36.7 Å². The lowest BCUT2D eigenvalue weighted by atomic mass is 9.81. The third-order valence-corrected chi connectivity index (χ3v) is 6.19. The van der Waals surface area contributed by atoms with E-state index in [9.17, 15) is 19.1 Å².